The summed E-state index contributed by atoms with van der Waals surface area (Å²) in [6, 6.07) is 3.95. The van der Waals surface area contributed by atoms with E-state index in [1.807, 2.05) is 24.0 Å². The molecule has 5 rings (SSSR count). The van der Waals surface area contributed by atoms with E-state index in [-0.39, 0.29) is 11.6 Å². The maximum Gasteiger partial charge on any atom is 0.344 e. The van der Waals surface area contributed by atoms with Gasteiger partial charge in [-0.2, -0.15) is 9.38 Å². The number of fused-ring (bicyclic) bond motifs is 2. The minimum absolute atomic E-state index is 0.155. The third-order valence-corrected chi connectivity index (χ3v) is 7.95. The van der Waals surface area contributed by atoms with E-state index in [0.29, 0.717) is 6.10 Å². The van der Waals surface area contributed by atoms with Gasteiger partial charge in [0.2, 0.25) is 0 Å². The molecule has 0 radical (unpaired) electrons. The van der Waals surface area contributed by atoms with Gasteiger partial charge in [0.25, 0.3) is 0 Å². The molecule has 35 heavy (non-hydrogen) atoms. The van der Waals surface area contributed by atoms with Crippen LogP contribution >= 0.6 is 12.2 Å². The van der Waals surface area contributed by atoms with Gasteiger partial charge in [0.05, 0.1) is 11.6 Å². The van der Waals surface area contributed by atoms with Crippen molar-refractivity contribution in [1.82, 2.24) is 20.2 Å². The fourth-order valence-electron chi connectivity index (χ4n) is 5.50. The summed E-state index contributed by atoms with van der Waals surface area (Å²) in [7, 11) is 3.62. The molecule has 1 fully saturated rings. The molecule has 2 aromatic rings. The zero-order valence-corrected chi connectivity index (χ0v) is 21.9. The Balaban J connectivity index is 1.12. The number of ether oxygens (including phenoxy) is 1. The van der Waals surface area contributed by atoms with Gasteiger partial charge in [0.1, 0.15) is 12.2 Å². The van der Waals surface area contributed by atoms with Crippen LogP contribution in [0.25, 0.3) is 0 Å². The van der Waals surface area contributed by atoms with Crippen LogP contribution in [0.4, 0.5) is 16.3 Å². The van der Waals surface area contributed by atoms with Gasteiger partial charge < -0.3 is 10.1 Å². The van der Waals surface area contributed by atoms with E-state index in [0.717, 1.165) is 81.9 Å². The van der Waals surface area contributed by atoms with Crippen LogP contribution in [0.3, 0.4) is 0 Å². The van der Waals surface area contributed by atoms with Crippen molar-refractivity contribution in [2.75, 3.05) is 43.4 Å². The van der Waals surface area contributed by atoms with Gasteiger partial charge in [-0.1, -0.05) is 6.07 Å². The smallest absolute Gasteiger partial charge is 0.344 e. The number of hydroxylamine groups is 1. The summed E-state index contributed by atoms with van der Waals surface area (Å²) < 4.78 is 14.6. The second-order valence-corrected chi connectivity index (χ2v) is 11.3. The van der Waals surface area contributed by atoms with Gasteiger partial charge in [-0.3, -0.25) is 13.9 Å². The van der Waals surface area contributed by atoms with Gasteiger partial charge in [0, 0.05) is 51.7 Å². The molecule has 2 amide bonds. The van der Waals surface area contributed by atoms with E-state index < -0.39 is 0 Å². The Morgan fingerprint density at radius 3 is 2.54 bits per heavy atom. The van der Waals surface area contributed by atoms with Crippen LogP contribution in [-0.2, 0) is 40.2 Å². The topological polar surface area (TPSA) is 83.9 Å². The molecule has 3 aliphatic rings. The van der Waals surface area contributed by atoms with Crippen molar-refractivity contribution in [2.45, 2.75) is 64.0 Å². The Bertz CT molecular complexity index is 1050. The Labute approximate surface area is 211 Å². The third kappa shape index (κ3) is 5.16. The predicted molar refractivity (Wildman–Crippen MR) is 139 cm³/mol. The standard InChI is InChI=1S/C25H36N6O3S/c1-25(2,16-30-14-19(15-30)33-4)31-12-11-22(27-31)29(3)35-34-28-24(32)26-23-20-9-5-7-17(20)13-18-8-6-10-21(18)23/h11-13,19H,5-10,14-16H2,1-4H3,(H2,26,28,32). The average molecular weight is 501 g/mol. The van der Waals surface area contributed by atoms with E-state index in [4.69, 9.17) is 14.1 Å². The summed E-state index contributed by atoms with van der Waals surface area (Å²) in [4.78, 5) is 15.0. The number of urea groups is 1. The zero-order chi connectivity index (χ0) is 24.6. The van der Waals surface area contributed by atoms with Gasteiger partial charge in [-0.15, -0.1) is 0 Å². The maximum absolute atomic E-state index is 12.6. The monoisotopic (exact) mass is 500 g/mol. The second kappa shape index (κ2) is 10.0. The first-order chi connectivity index (χ1) is 16.8. The number of carbonyl (C=O) groups excluding carboxylic acids is 1. The van der Waals surface area contributed by atoms with Crippen molar-refractivity contribution in [3.8, 4) is 0 Å². The number of hydrogen-bond acceptors (Lipinski definition) is 7. The Hall–Kier alpha value is -2.27. The molecule has 0 unspecified atom stereocenters. The number of anilines is 2. The van der Waals surface area contributed by atoms with Crippen molar-refractivity contribution in [3.63, 3.8) is 0 Å². The molecule has 2 heterocycles. The highest BCUT2D eigenvalue weighted by molar-refractivity contribution is 7.96. The number of hydrogen-bond donors (Lipinski definition) is 2. The molecule has 0 spiro atoms. The Morgan fingerprint density at radius 2 is 1.89 bits per heavy atom. The van der Waals surface area contributed by atoms with Gasteiger partial charge >= 0.3 is 6.03 Å². The second-order valence-electron chi connectivity index (χ2n) is 10.4. The first kappa shape index (κ1) is 24.4. The average Bonchev–Trinajstić information content (AvgIpc) is 3.56. The lowest BCUT2D eigenvalue weighted by Crippen LogP contribution is -2.56. The molecule has 2 N–H and O–H groups in total. The number of amides is 2. The summed E-state index contributed by atoms with van der Waals surface area (Å²) in [5.74, 6) is 0.752. The van der Waals surface area contributed by atoms with Crippen LogP contribution in [-0.4, -0.2) is 60.6 Å². The van der Waals surface area contributed by atoms with Crippen LogP contribution in [0, 0.1) is 0 Å². The molecular weight excluding hydrogens is 464 g/mol. The van der Waals surface area contributed by atoms with Crippen LogP contribution in [0.2, 0.25) is 0 Å². The molecule has 1 aromatic heterocycles. The van der Waals surface area contributed by atoms with Crippen LogP contribution < -0.4 is 15.1 Å². The van der Waals surface area contributed by atoms with Crippen molar-refractivity contribution < 1.29 is 13.8 Å². The highest BCUT2D eigenvalue weighted by Gasteiger charge is 2.33. The summed E-state index contributed by atoms with van der Waals surface area (Å²) in [6.07, 6.45) is 8.89. The molecule has 1 aliphatic heterocycles. The quantitative estimate of drug-likeness (QED) is 0.309. The highest BCUT2D eigenvalue weighted by Crippen LogP contribution is 2.38. The van der Waals surface area contributed by atoms with E-state index in [2.05, 4.69) is 35.6 Å². The number of methoxy groups -OCH3 is 1. The summed E-state index contributed by atoms with van der Waals surface area (Å²) in [5.41, 5.74) is 8.75. The molecule has 10 heteroatoms. The molecule has 0 atom stereocenters. The van der Waals surface area contributed by atoms with Gasteiger partial charge in [-0.05, 0) is 74.6 Å². The SMILES string of the molecule is COC1CN(CC(C)(C)n2ccc(N(C)SONC(=O)Nc3c4c(cc5c3CCC5)CCC4)n2)C1. The zero-order valence-electron chi connectivity index (χ0n) is 21.1. The van der Waals surface area contributed by atoms with Crippen molar-refractivity contribution in [2.24, 2.45) is 0 Å². The Morgan fingerprint density at radius 1 is 1.20 bits per heavy atom. The van der Waals surface area contributed by atoms with Crippen LogP contribution in [0.5, 0.6) is 0 Å². The lowest BCUT2D eigenvalue weighted by molar-refractivity contribution is -0.0431. The van der Waals surface area contributed by atoms with Crippen molar-refractivity contribution in [3.05, 3.63) is 40.6 Å². The number of likely N-dealkylation sites (tertiary alicyclic amines) is 1. The number of aromatic nitrogens is 2. The minimum Gasteiger partial charge on any atom is -0.379 e. The number of rotatable bonds is 9. The molecule has 0 bridgehead atoms. The number of nitrogens with zero attached hydrogens (tertiary/aromatic N) is 4. The molecular formula is C25H36N6O3S. The number of carbonyl (C=O) groups is 1. The molecule has 1 aromatic carbocycles. The third-order valence-electron chi connectivity index (χ3n) is 7.38. The lowest BCUT2D eigenvalue weighted by Gasteiger charge is -2.42. The van der Waals surface area contributed by atoms with Crippen LogP contribution in [0.1, 0.15) is 48.9 Å². The first-order valence-electron chi connectivity index (χ1n) is 12.5. The maximum atomic E-state index is 12.6. The lowest BCUT2D eigenvalue weighted by atomic mass is 9.99. The molecule has 0 saturated carbocycles. The number of nitrogens with one attached hydrogen (secondary N) is 2. The fraction of sp³-hybridized carbons (Fsp3) is 0.600. The largest absolute Gasteiger partial charge is 0.379 e. The Kier molecular flexibility index (Phi) is 6.98. The first-order valence-corrected chi connectivity index (χ1v) is 13.2. The normalized spacial score (nSPS) is 17.7. The van der Waals surface area contributed by atoms with E-state index in [1.54, 1.807) is 11.4 Å². The van der Waals surface area contributed by atoms with Crippen molar-refractivity contribution in [1.29, 1.82) is 0 Å². The number of aryl methyl sites for hydroxylation is 2. The minimum atomic E-state index is -0.351. The summed E-state index contributed by atoms with van der Waals surface area (Å²) in [6.45, 7) is 7.17. The molecule has 9 nitrogen and oxygen atoms in total. The van der Waals surface area contributed by atoms with Gasteiger partial charge in [0.15, 0.2) is 5.82 Å². The summed E-state index contributed by atoms with van der Waals surface area (Å²) in [5, 5.41) is 7.81. The van der Waals surface area contributed by atoms with Crippen LogP contribution in [0.15, 0.2) is 18.3 Å². The predicted octanol–water partition coefficient (Wildman–Crippen LogP) is 3.68. The van der Waals surface area contributed by atoms with E-state index in [9.17, 15) is 4.79 Å². The van der Waals surface area contributed by atoms with Gasteiger partial charge in [-0.25, -0.2) is 10.3 Å². The molecule has 1 saturated heterocycles. The van der Waals surface area contributed by atoms with E-state index >= 15 is 0 Å². The highest BCUT2D eigenvalue weighted by atomic mass is 32.2. The van der Waals surface area contributed by atoms with Crippen molar-refractivity contribution >= 4 is 29.8 Å². The van der Waals surface area contributed by atoms with E-state index in [1.165, 1.54) is 22.3 Å². The molecule has 2 aliphatic carbocycles. The fourth-order valence-corrected chi connectivity index (χ4v) is 5.89. The number of benzene rings is 1. The molecule has 190 valence electrons. The summed E-state index contributed by atoms with van der Waals surface area (Å²) >= 11 is 1.03.